The number of amides is 1. The van der Waals surface area contributed by atoms with Crippen LogP contribution in [0.3, 0.4) is 0 Å². The molecule has 0 spiro atoms. The molecule has 0 saturated carbocycles. The molecule has 0 fully saturated rings. The van der Waals surface area contributed by atoms with Crippen LogP contribution in [0.2, 0.25) is 0 Å². The number of likely N-dealkylation sites (N-methyl/N-ethyl adjacent to an activating group) is 1. The van der Waals surface area contributed by atoms with E-state index in [2.05, 4.69) is 15.7 Å². The van der Waals surface area contributed by atoms with Crippen molar-refractivity contribution in [1.29, 1.82) is 0 Å². The third kappa shape index (κ3) is 4.88. The third-order valence-electron chi connectivity index (χ3n) is 5.95. The number of alkyl halides is 3. The number of rotatable bonds is 6. The van der Waals surface area contributed by atoms with Crippen LogP contribution in [0.25, 0.3) is 0 Å². The summed E-state index contributed by atoms with van der Waals surface area (Å²) in [6.45, 7) is 0.297. The standard InChI is InChI=1S/C24H26F3N5O/c1-31(2)20(17-11-7-4-8-12-17)15-28-23(33)18-14-29-32-21(24(25,26)27)13-19(30-22(18)32)16-9-5-3-6-10-16/h3-12,14,19-21,30H,13,15H2,1-2H3,(H,28,33). The Bertz CT molecular complexity index is 1080. The second kappa shape index (κ2) is 9.27. The first-order valence-corrected chi connectivity index (χ1v) is 10.7. The molecule has 3 unspecified atom stereocenters. The van der Waals surface area contributed by atoms with Crippen LogP contribution in [0.4, 0.5) is 19.0 Å². The predicted octanol–water partition coefficient (Wildman–Crippen LogP) is 4.58. The molecule has 9 heteroatoms. The van der Waals surface area contributed by atoms with Gasteiger partial charge >= 0.3 is 6.18 Å². The lowest BCUT2D eigenvalue weighted by molar-refractivity contribution is -0.173. The Morgan fingerprint density at radius 3 is 2.39 bits per heavy atom. The van der Waals surface area contributed by atoms with Crippen molar-refractivity contribution in [2.75, 3.05) is 26.0 Å². The van der Waals surface area contributed by atoms with Crippen LogP contribution < -0.4 is 10.6 Å². The van der Waals surface area contributed by atoms with E-state index in [0.717, 1.165) is 15.8 Å². The van der Waals surface area contributed by atoms with Crippen molar-refractivity contribution >= 4 is 11.7 Å². The molecule has 2 heterocycles. The molecule has 3 aromatic rings. The van der Waals surface area contributed by atoms with Crippen molar-refractivity contribution in [1.82, 2.24) is 20.0 Å². The molecule has 33 heavy (non-hydrogen) atoms. The summed E-state index contributed by atoms with van der Waals surface area (Å²) in [5.41, 5.74) is 1.84. The highest BCUT2D eigenvalue weighted by atomic mass is 19.4. The van der Waals surface area contributed by atoms with Gasteiger partial charge in [0, 0.05) is 13.0 Å². The number of nitrogens with zero attached hydrogens (tertiary/aromatic N) is 3. The highest BCUT2D eigenvalue weighted by Gasteiger charge is 2.47. The number of fused-ring (bicyclic) bond motifs is 1. The van der Waals surface area contributed by atoms with Crippen molar-refractivity contribution in [3.63, 3.8) is 0 Å². The molecule has 4 rings (SSSR count). The smallest absolute Gasteiger partial charge is 0.363 e. The molecule has 6 nitrogen and oxygen atoms in total. The molecule has 2 aromatic carbocycles. The van der Waals surface area contributed by atoms with Gasteiger partial charge in [0.05, 0.1) is 18.3 Å². The zero-order chi connectivity index (χ0) is 23.6. The molecule has 0 aliphatic carbocycles. The molecular formula is C24H26F3N5O. The van der Waals surface area contributed by atoms with E-state index in [0.29, 0.717) is 6.54 Å². The molecule has 1 aliphatic heterocycles. The number of carbonyl (C=O) groups is 1. The third-order valence-corrected chi connectivity index (χ3v) is 5.95. The van der Waals surface area contributed by atoms with Crippen LogP contribution in [-0.2, 0) is 0 Å². The van der Waals surface area contributed by atoms with Gasteiger partial charge in [-0.05, 0) is 25.2 Å². The average Bonchev–Trinajstić information content (AvgIpc) is 3.23. The minimum atomic E-state index is -4.49. The summed E-state index contributed by atoms with van der Waals surface area (Å²) in [5, 5.41) is 9.92. The summed E-state index contributed by atoms with van der Waals surface area (Å²) < 4.78 is 42.4. The van der Waals surface area contributed by atoms with E-state index in [9.17, 15) is 18.0 Å². The summed E-state index contributed by atoms with van der Waals surface area (Å²) in [7, 11) is 3.82. The van der Waals surface area contributed by atoms with Gasteiger partial charge in [-0.2, -0.15) is 18.3 Å². The fourth-order valence-electron chi connectivity index (χ4n) is 4.19. The maximum Gasteiger partial charge on any atom is 0.410 e. The number of anilines is 1. The first-order chi connectivity index (χ1) is 15.8. The topological polar surface area (TPSA) is 62.2 Å². The van der Waals surface area contributed by atoms with Crippen LogP contribution in [0.15, 0.2) is 66.9 Å². The van der Waals surface area contributed by atoms with Gasteiger partial charge in [-0.25, -0.2) is 4.68 Å². The Balaban J connectivity index is 1.59. The minimum absolute atomic E-state index is 0.0797. The number of nitrogens with one attached hydrogen (secondary N) is 2. The second-order valence-corrected chi connectivity index (χ2v) is 8.35. The van der Waals surface area contributed by atoms with Gasteiger partial charge < -0.3 is 15.5 Å². The van der Waals surface area contributed by atoms with Crippen molar-refractivity contribution in [3.8, 4) is 0 Å². The van der Waals surface area contributed by atoms with Gasteiger partial charge in [-0.3, -0.25) is 4.79 Å². The molecular weight excluding hydrogens is 431 g/mol. The lowest BCUT2D eigenvalue weighted by atomic mass is 9.96. The van der Waals surface area contributed by atoms with Crippen LogP contribution in [0.5, 0.6) is 0 Å². The lowest BCUT2D eigenvalue weighted by Crippen LogP contribution is -2.37. The van der Waals surface area contributed by atoms with E-state index in [-0.39, 0.29) is 23.8 Å². The van der Waals surface area contributed by atoms with Crippen LogP contribution in [0, 0.1) is 0 Å². The van der Waals surface area contributed by atoms with Crippen LogP contribution in [-0.4, -0.2) is 47.4 Å². The SMILES string of the molecule is CN(C)C(CNC(=O)c1cnn2c1NC(c1ccccc1)CC2C(F)(F)F)c1ccccc1. The number of hydrogen-bond acceptors (Lipinski definition) is 4. The largest absolute Gasteiger partial charge is 0.410 e. The van der Waals surface area contributed by atoms with Crippen LogP contribution in [0.1, 0.15) is 46.0 Å². The van der Waals surface area contributed by atoms with Crippen molar-refractivity contribution < 1.29 is 18.0 Å². The van der Waals surface area contributed by atoms with E-state index in [1.807, 2.05) is 55.4 Å². The van der Waals surface area contributed by atoms with E-state index in [1.165, 1.54) is 6.20 Å². The van der Waals surface area contributed by atoms with Gasteiger partial charge in [0.1, 0.15) is 11.4 Å². The predicted molar refractivity (Wildman–Crippen MR) is 120 cm³/mol. The fraction of sp³-hybridized carbons (Fsp3) is 0.333. The second-order valence-electron chi connectivity index (χ2n) is 8.35. The van der Waals surface area contributed by atoms with Gasteiger partial charge in [0.25, 0.3) is 5.91 Å². The lowest BCUT2D eigenvalue weighted by Gasteiger charge is -2.34. The summed E-state index contributed by atoms with van der Waals surface area (Å²) in [6.07, 6.45) is -3.50. The molecule has 1 aliphatic rings. The number of hydrogen-bond donors (Lipinski definition) is 2. The van der Waals surface area contributed by atoms with Crippen molar-refractivity contribution in [3.05, 3.63) is 83.6 Å². The van der Waals surface area contributed by atoms with E-state index in [4.69, 9.17) is 0 Å². The Kier molecular flexibility index (Phi) is 6.42. The molecule has 3 atom stereocenters. The fourth-order valence-corrected chi connectivity index (χ4v) is 4.19. The monoisotopic (exact) mass is 457 g/mol. The van der Waals surface area contributed by atoms with Gasteiger partial charge in [0.15, 0.2) is 6.04 Å². The molecule has 1 amide bonds. The summed E-state index contributed by atoms with van der Waals surface area (Å²) in [5.74, 6) is -0.391. The molecule has 0 radical (unpaired) electrons. The zero-order valence-electron chi connectivity index (χ0n) is 18.4. The summed E-state index contributed by atoms with van der Waals surface area (Å²) in [4.78, 5) is 15.0. The summed E-state index contributed by atoms with van der Waals surface area (Å²) >= 11 is 0. The molecule has 0 saturated heterocycles. The van der Waals surface area contributed by atoms with Gasteiger partial charge in [-0.15, -0.1) is 0 Å². The normalized spacial score (nSPS) is 19.0. The van der Waals surface area contributed by atoms with Crippen LogP contribution >= 0.6 is 0 Å². The maximum absolute atomic E-state index is 13.9. The first kappa shape index (κ1) is 22.8. The Morgan fingerprint density at radius 2 is 1.79 bits per heavy atom. The highest BCUT2D eigenvalue weighted by molar-refractivity contribution is 5.99. The minimum Gasteiger partial charge on any atom is -0.363 e. The Morgan fingerprint density at radius 1 is 1.15 bits per heavy atom. The van der Waals surface area contributed by atoms with E-state index >= 15 is 0 Å². The van der Waals surface area contributed by atoms with Gasteiger partial charge in [0.2, 0.25) is 0 Å². The van der Waals surface area contributed by atoms with E-state index in [1.54, 1.807) is 24.3 Å². The highest BCUT2D eigenvalue weighted by Crippen LogP contribution is 2.44. The number of halogens is 3. The number of benzene rings is 2. The number of aromatic nitrogens is 2. The Hall–Kier alpha value is -3.33. The molecule has 0 bridgehead atoms. The maximum atomic E-state index is 13.9. The van der Waals surface area contributed by atoms with Gasteiger partial charge in [-0.1, -0.05) is 60.7 Å². The molecule has 1 aromatic heterocycles. The van der Waals surface area contributed by atoms with Crippen molar-refractivity contribution in [2.45, 2.75) is 30.7 Å². The average molecular weight is 458 g/mol. The van der Waals surface area contributed by atoms with E-state index < -0.39 is 24.2 Å². The Labute approximate surface area is 190 Å². The number of carbonyl (C=O) groups excluding carboxylic acids is 1. The zero-order valence-corrected chi connectivity index (χ0v) is 18.4. The quantitative estimate of drug-likeness (QED) is 0.569. The molecule has 2 N–H and O–H groups in total. The van der Waals surface area contributed by atoms with Crippen molar-refractivity contribution in [2.24, 2.45) is 0 Å². The first-order valence-electron chi connectivity index (χ1n) is 10.7. The summed E-state index contributed by atoms with van der Waals surface area (Å²) in [6, 6.07) is 16.1. The molecule has 174 valence electrons.